The van der Waals surface area contributed by atoms with Gasteiger partial charge in [0.2, 0.25) is 0 Å². The Balaban J connectivity index is 1.40. The molecular formula is C62H69ClN2S. The molecule has 0 N–H and O–H groups in total. The van der Waals surface area contributed by atoms with Crippen LogP contribution in [0.2, 0.25) is 5.02 Å². The van der Waals surface area contributed by atoms with Crippen LogP contribution in [-0.4, -0.2) is 0 Å². The SMILES string of the molecule is CCC(C)(C)c1ccc(N(c2ccc(C(C)(C)CC)cc2)c2cccc(N(c3ccc(C(C)(C)CC)cc3)c3ccc(C(C)(C)CC)cc3-c3cccc4c3sc3ccccc34)c2Cl)cc1. The number of benzene rings is 7. The fourth-order valence-corrected chi connectivity index (χ4v) is 10.5. The van der Waals surface area contributed by atoms with Crippen LogP contribution >= 0.6 is 22.9 Å². The van der Waals surface area contributed by atoms with Crippen molar-refractivity contribution in [3.05, 3.63) is 179 Å². The van der Waals surface area contributed by atoms with Crippen LogP contribution in [0.1, 0.15) is 131 Å². The Hall–Kier alpha value is -5.35. The first-order valence-electron chi connectivity index (χ1n) is 24.2. The molecule has 7 aromatic carbocycles. The predicted octanol–water partition coefficient (Wildman–Crippen LogP) is 20.1. The lowest BCUT2D eigenvalue weighted by Gasteiger charge is -2.34. The molecule has 0 aliphatic heterocycles. The van der Waals surface area contributed by atoms with Gasteiger partial charge in [0.05, 0.1) is 22.1 Å². The number of nitrogens with zero attached hydrogens (tertiary/aromatic N) is 2. The lowest BCUT2D eigenvalue weighted by Crippen LogP contribution is -2.19. The monoisotopic (exact) mass is 908 g/mol. The van der Waals surface area contributed by atoms with E-state index in [2.05, 4.69) is 245 Å². The lowest BCUT2D eigenvalue weighted by molar-refractivity contribution is 0.506. The number of fused-ring (bicyclic) bond motifs is 3. The highest BCUT2D eigenvalue weighted by Crippen LogP contribution is 2.51. The molecule has 0 saturated carbocycles. The van der Waals surface area contributed by atoms with Gasteiger partial charge in [-0.25, -0.2) is 0 Å². The highest BCUT2D eigenvalue weighted by atomic mass is 35.5. The zero-order valence-electron chi connectivity index (χ0n) is 41.4. The Kier molecular flexibility index (Phi) is 13.1. The molecule has 1 heterocycles. The van der Waals surface area contributed by atoms with Crippen molar-refractivity contribution in [2.24, 2.45) is 0 Å². The first-order valence-corrected chi connectivity index (χ1v) is 25.4. The van der Waals surface area contributed by atoms with Gasteiger partial charge in [0.1, 0.15) is 0 Å². The first kappa shape index (κ1) is 47.2. The fraction of sp³-hybridized carbons (Fsp3) is 0.323. The van der Waals surface area contributed by atoms with E-state index in [0.717, 1.165) is 59.8 Å². The van der Waals surface area contributed by atoms with Crippen molar-refractivity contribution < 1.29 is 0 Å². The summed E-state index contributed by atoms with van der Waals surface area (Å²) >= 11 is 9.95. The summed E-state index contributed by atoms with van der Waals surface area (Å²) in [7, 11) is 0. The van der Waals surface area contributed by atoms with Crippen molar-refractivity contribution in [3.8, 4) is 11.1 Å². The van der Waals surface area contributed by atoms with E-state index in [-0.39, 0.29) is 21.7 Å². The van der Waals surface area contributed by atoms with Crippen molar-refractivity contribution in [1.29, 1.82) is 0 Å². The highest BCUT2D eigenvalue weighted by molar-refractivity contribution is 7.26. The number of thiophene rings is 1. The maximum absolute atomic E-state index is 8.07. The van der Waals surface area contributed by atoms with Gasteiger partial charge in [0.25, 0.3) is 0 Å². The van der Waals surface area contributed by atoms with Gasteiger partial charge < -0.3 is 9.80 Å². The molecule has 0 spiro atoms. The van der Waals surface area contributed by atoms with Gasteiger partial charge in [-0.15, -0.1) is 11.3 Å². The average molecular weight is 910 g/mol. The van der Waals surface area contributed by atoms with Gasteiger partial charge >= 0.3 is 0 Å². The zero-order valence-corrected chi connectivity index (χ0v) is 43.0. The summed E-state index contributed by atoms with van der Waals surface area (Å²) in [5, 5.41) is 3.26. The minimum absolute atomic E-state index is 0.0264. The maximum atomic E-state index is 8.07. The second-order valence-corrected chi connectivity index (χ2v) is 22.3. The average Bonchev–Trinajstić information content (AvgIpc) is 3.72. The molecule has 66 heavy (non-hydrogen) atoms. The minimum Gasteiger partial charge on any atom is -0.309 e. The van der Waals surface area contributed by atoms with Crippen molar-refractivity contribution in [3.63, 3.8) is 0 Å². The molecule has 1 aromatic heterocycles. The largest absolute Gasteiger partial charge is 0.309 e. The lowest BCUT2D eigenvalue weighted by atomic mass is 9.80. The second kappa shape index (κ2) is 18.4. The quantitative estimate of drug-likeness (QED) is 0.101. The summed E-state index contributed by atoms with van der Waals surface area (Å²) in [5.41, 5.74) is 14.0. The molecule has 0 aliphatic rings. The molecule has 2 nitrogen and oxygen atoms in total. The van der Waals surface area contributed by atoms with E-state index in [0.29, 0.717) is 5.02 Å². The summed E-state index contributed by atoms with van der Waals surface area (Å²) in [5.74, 6) is 0. The molecule has 0 amide bonds. The molecule has 0 atom stereocenters. The van der Waals surface area contributed by atoms with Gasteiger partial charge in [0.15, 0.2) is 0 Å². The highest BCUT2D eigenvalue weighted by Gasteiger charge is 2.29. The Morgan fingerprint density at radius 3 is 1.30 bits per heavy atom. The van der Waals surface area contributed by atoms with Crippen LogP contribution in [0.15, 0.2) is 152 Å². The minimum atomic E-state index is -0.0264. The predicted molar refractivity (Wildman–Crippen MR) is 292 cm³/mol. The van der Waals surface area contributed by atoms with Crippen molar-refractivity contribution in [1.82, 2.24) is 0 Å². The molecule has 0 fully saturated rings. The third kappa shape index (κ3) is 8.82. The standard InChI is InChI=1S/C62H69ClN2S/c1-13-59(5,6)42-27-34-46(35-28-42)64(47-36-29-43(30-37-47)60(7,8)14-2)54-24-20-25-55(57(54)63)65(48-38-31-44(32-39-48)61(9,10)15-3)53-40-33-45(62(11,12)16-4)41-52(53)51-23-19-22-50-49-21-17-18-26-56(49)66-58(50)51/h17-41H,13-16H2,1-12H3. The first-order chi connectivity index (χ1) is 31.4. The van der Waals surface area contributed by atoms with Gasteiger partial charge in [0, 0.05) is 48.4 Å². The fourth-order valence-electron chi connectivity index (χ4n) is 9.02. The molecule has 340 valence electrons. The molecule has 0 unspecified atom stereocenters. The number of halogens is 1. The normalized spacial score (nSPS) is 12.6. The maximum Gasteiger partial charge on any atom is 0.0887 e. The zero-order chi connectivity index (χ0) is 47.2. The second-order valence-electron chi connectivity index (χ2n) is 20.9. The molecule has 8 aromatic rings. The summed E-state index contributed by atoms with van der Waals surface area (Å²) in [6.07, 6.45) is 4.18. The summed E-state index contributed by atoms with van der Waals surface area (Å²) in [6.45, 7) is 27.8. The van der Waals surface area contributed by atoms with Gasteiger partial charge in [-0.05, 0) is 136 Å². The summed E-state index contributed by atoms with van der Waals surface area (Å²) in [6, 6.07) is 56.8. The Bertz CT molecular complexity index is 2910. The molecule has 0 saturated heterocycles. The Morgan fingerprint density at radius 1 is 0.394 bits per heavy atom. The summed E-state index contributed by atoms with van der Waals surface area (Å²) < 4.78 is 2.59. The Morgan fingerprint density at radius 2 is 0.803 bits per heavy atom. The molecule has 8 rings (SSSR count). The van der Waals surface area contributed by atoms with E-state index in [1.54, 1.807) is 0 Å². The molecule has 0 radical (unpaired) electrons. The molecule has 0 aliphatic carbocycles. The van der Waals surface area contributed by atoms with E-state index in [9.17, 15) is 0 Å². The molecular weight excluding hydrogens is 840 g/mol. The van der Waals surface area contributed by atoms with Crippen LogP contribution in [0.4, 0.5) is 34.1 Å². The topological polar surface area (TPSA) is 6.48 Å². The van der Waals surface area contributed by atoms with Crippen molar-refractivity contribution in [2.45, 2.75) is 130 Å². The van der Waals surface area contributed by atoms with Gasteiger partial charge in [-0.1, -0.05) is 180 Å². The van der Waals surface area contributed by atoms with Crippen molar-refractivity contribution in [2.75, 3.05) is 9.80 Å². The van der Waals surface area contributed by atoms with Crippen LogP contribution in [0.25, 0.3) is 31.3 Å². The molecule has 4 heteroatoms. The van der Waals surface area contributed by atoms with Gasteiger partial charge in [-0.3, -0.25) is 0 Å². The van der Waals surface area contributed by atoms with Crippen LogP contribution in [0, 0.1) is 0 Å². The number of anilines is 6. The van der Waals surface area contributed by atoms with Crippen LogP contribution < -0.4 is 9.80 Å². The third-order valence-corrected chi connectivity index (χ3v) is 17.0. The van der Waals surface area contributed by atoms with Gasteiger partial charge in [-0.2, -0.15) is 0 Å². The van der Waals surface area contributed by atoms with E-state index in [1.807, 2.05) is 11.3 Å². The Labute approximate surface area is 405 Å². The third-order valence-electron chi connectivity index (χ3n) is 15.4. The number of hydrogen-bond acceptors (Lipinski definition) is 3. The van der Waals surface area contributed by atoms with E-state index >= 15 is 0 Å². The van der Waals surface area contributed by atoms with Crippen LogP contribution in [0.5, 0.6) is 0 Å². The van der Waals surface area contributed by atoms with E-state index in [4.69, 9.17) is 11.6 Å². The molecule has 0 bridgehead atoms. The van der Waals surface area contributed by atoms with Crippen molar-refractivity contribution >= 4 is 77.2 Å². The number of hydrogen-bond donors (Lipinski definition) is 0. The van der Waals surface area contributed by atoms with Crippen LogP contribution in [0.3, 0.4) is 0 Å². The van der Waals surface area contributed by atoms with E-state index < -0.39 is 0 Å². The van der Waals surface area contributed by atoms with E-state index in [1.165, 1.54) is 53.6 Å². The summed E-state index contributed by atoms with van der Waals surface area (Å²) in [4.78, 5) is 4.75. The number of rotatable bonds is 15. The smallest absolute Gasteiger partial charge is 0.0887 e. The van der Waals surface area contributed by atoms with Crippen LogP contribution in [-0.2, 0) is 21.7 Å².